The molecule has 0 saturated carbocycles. The Balaban J connectivity index is 2.11. The molecule has 3 aromatic rings. The van der Waals surface area contributed by atoms with E-state index in [1.807, 2.05) is 18.2 Å². The summed E-state index contributed by atoms with van der Waals surface area (Å²) < 4.78 is 0. The van der Waals surface area contributed by atoms with Gasteiger partial charge in [0.05, 0.1) is 5.39 Å². The van der Waals surface area contributed by atoms with Gasteiger partial charge in [-0.05, 0) is 5.56 Å². The van der Waals surface area contributed by atoms with Crippen LogP contribution in [0.2, 0.25) is 5.15 Å². The second-order valence-corrected chi connectivity index (χ2v) is 5.42. The number of aromatic nitrogens is 2. The van der Waals surface area contributed by atoms with E-state index in [-0.39, 0.29) is 0 Å². The summed E-state index contributed by atoms with van der Waals surface area (Å²) in [5.74, 6) is 0.531. The minimum absolute atomic E-state index is 0.474. The lowest BCUT2D eigenvalue weighted by molar-refractivity contribution is 1.16. The molecule has 0 atom stereocenters. The first-order valence-electron chi connectivity index (χ1n) is 6.14. The maximum atomic E-state index is 6.33. The van der Waals surface area contributed by atoms with Gasteiger partial charge in [0.2, 0.25) is 5.95 Å². The van der Waals surface area contributed by atoms with Crippen molar-refractivity contribution in [3.63, 3.8) is 0 Å². The maximum Gasteiger partial charge on any atom is 0.225 e. The molecule has 0 aliphatic rings. The summed E-state index contributed by atoms with van der Waals surface area (Å²) in [7, 11) is 0. The summed E-state index contributed by atoms with van der Waals surface area (Å²) >= 11 is 7.90. The van der Waals surface area contributed by atoms with Crippen LogP contribution in [0.5, 0.6) is 0 Å². The number of hydrogen-bond acceptors (Lipinski definition) is 4. The Kier molecular flexibility index (Phi) is 3.67. The van der Waals surface area contributed by atoms with E-state index in [2.05, 4.69) is 39.4 Å². The van der Waals surface area contributed by atoms with Gasteiger partial charge >= 0.3 is 0 Å². The zero-order chi connectivity index (χ0) is 13.9. The van der Waals surface area contributed by atoms with Crippen molar-refractivity contribution in [1.29, 1.82) is 0 Å². The highest BCUT2D eigenvalue weighted by molar-refractivity contribution is 7.17. The summed E-state index contributed by atoms with van der Waals surface area (Å²) in [6.07, 6.45) is 1.76. The van der Waals surface area contributed by atoms with E-state index in [0.717, 1.165) is 21.3 Å². The lowest BCUT2D eigenvalue weighted by Crippen LogP contribution is -2.02. The Labute approximate surface area is 126 Å². The number of hydrogen-bond donors (Lipinski definition) is 1. The Bertz CT molecular complexity index is 752. The predicted octanol–water partition coefficient (Wildman–Crippen LogP) is 4.61. The molecule has 0 bridgehead atoms. The number of rotatable bonds is 4. The summed E-state index contributed by atoms with van der Waals surface area (Å²) in [6, 6.07) is 10.1. The summed E-state index contributed by atoms with van der Waals surface area (Å²) in [4.78, 5) is 9.67. The molecule has 0 amide bonds. The minimum Gasteiger partial charge on any atom is -0.351 e. The monoisotopic (exact) mass is 301 g/mol. The SMILES string of the molecule is C=CCNc1nc(Cl)c2c(-c3ccccc3)csc2n1. The molecule has 1 N–H and O–H groups in total. The molecule has 0 aliphatic carbocycles. The molecule has 0 aliphatic heterocycles. The minimum atomic E-state index is 0.474. The van der Waals surface area contributed by atoms with Crippen LogP contribution in [0.4, 0.5) is 5.95 Å². The number of halogens is 1. The second-order valence-electron chi connectivity index (χ2n) is 4.20. The summed E-state index contributed by atoms with van der Waals surface area (Å²) in [5, 5.41) is 6.51. The van der Waals surface area contributed by atoms with Crippen molar-refractivity contribution in [3.8, 4) is 11.1 Å². The van der Waals surface area contributed by atoms with Crippen LogP contribution in [-0.2, 0) is 0 Å². The smallest absolute Gasteiger partial charge is 0.225 e. The van der Waals surface area contributed by atoms with Crippen LogP contribution in [0.15, 0.2) is 48.4 Å². The normalized spacial score (nSPS) is 10.7. The highest BCUT2D eigenvalue weighted by atomic mass is 35.5. The Hall–Kier alpha value is -1.91. The van der Waals surface area contributed by atoms with Crippen molar-refractivity contribution in [1.82, 2.24) is 9.97 Å². The van der Waals surface area contributed by atoms with E-state index < -0.39 is 0 Å². The van der Waals surface area contributed by atoms with Crippen LogP contribution in [0, 0.1) is 0 Å². The van der Waals surface area contributed by atoms with Crippen LogP contribution in [0.25, 0.3) is 21.3 Å². The largest absolute Gasteiger partial charge is 0.351 e. The van der Waals surface area contributed by atoms with E-state index in [1.165, 1.54) is 0 Å². The van der Waals surface area contributed by atoms with Gasteiger partial charge in [-0.25, -0.2) is 9.97 Å². The average Bonchev–Trinajstić information content (AvgIpc) is 2.90. The van der Waals surface area contributed by atoms with Crippen LogP contribution < -0.4 is 5.32 Å². The zero-order valence-electron chi connectivity index (χ0n) is 10.6. The van der Waals surface area contributed by atoms with Crippen LogP contribution >= 0.6 is 22.9 Å². The predicted molar refractivity (Wildman–Crippen MR) is 86.5 cm³/mol. The van der Waals surface area contributed by atoms with E-state index >= 15 is 0 Å². The fraction of sp³-hybridized carbons (Fsp3) is 0.0667. The summed E-state index contributed by atoms with van der Waals surface area (Å²) in [6.45, 7) is 4.27. The van der Waals surface area contributed by atoms with Gasteiger partial charge in [-0.3, -0.25) is 0 Å². The Morgan fingerprint density at radius 1 is 1.25 bits per heavy atom. The quantitative estimate of drug-likeness (QED) is 0.565. The molecule has 3 rings (SSSR count). The van der Waals surface area contributed by atoms with E-state index in [0.29, 0.717) is 17.6 Å². The topological polar surface area (TPSA) is 37.8 Å². The highest BCUT2D eigenvalue weighted by Gasteiger charge is 2.13. The molecule has 0 saturated heterocycles. The Morgan fingerprint density at radius 3 is 2.80 bits per heavy atom. The van der Waals surface area contributed by atoms with E-state index in [1.54, 1.807) is 17.4 Å². The average molecular weight is 302 g/mol. The van der Waals surface area contributed by atoms with Crippen molar-refractivity contribution in [2.24, 2.45) is 0 Å². The fourth-order valence-electron chi connectivity index (χ4n) is 1.97. The first-order valence-corrected chi connectivity index (χ1v) is 7.40. The lowest BCUT2D eigenvalue weighted by atomic mass is 10.1. The third-order valence-corrected chi connectivity index (χ3v) is 4.02. The standard InChI is InChI=1S/C15H12ClN3S/c1-2-8-17-15-18-13(16)12-11(9-20-14(12)19-15)10-6-4-3-5-7-10/h2-7,9H,1,8H2,(H,17,18,19). The van der Waals surface area contributed by atoms with Gasteiger partial charge < -0.3 is 5.32 Å². The third kappa shape index (κ3) is 2.40. The van der Waals surface area contributed by atoms with Gasteiger partial charge in [0.1, 0.15) is 9.98 Å². The molecule has 0 unspecified atom stereocenters. The van der Waals surface area contributed by atoms with E-state index in [9.17, 15) is 0 Å². The molecule has 0 radical (unpaired) electrons. The van der Waals surface area contributed by atoms with Gasteiger partial charge in [0.15, 0.2) is 0 Å². The molecule has 5 heteroatoms. The number of thiophene rings is 1. The van der Waals surface area contributed by atoms with Crippen LogP contribution in [-0.4, -0.2) is 16.5 Å². The van der Waals surface area contributed by atoms with E-state index in [4.69, 9.17) is 11.6 Å². The van der Waals surface area contributed by atoms with Crippen molar-refractivity contribution in [3.05, 3.63) is 53.5 Å². The number of nitrogens with zero attached hydrogens (tertiary/aromatic N) is 2. The molecule has 20 heavy (non-hydrogen) atoms. The van der Waals surface area contributed by atoms with Crippen molar-refractivity contribution in [2.75, 3.05) is 11.9 Å². The van der Waals surface area contributed by atoms with Crippen molar-refractivity contribution >= 4 is 39.1 Å². The molecule has 100 valence electrons. The number of nitrogens with one attached hydrogen (secondary N) is 1. The number of fused-ring (bicyclic) bond motifs is 1. The Morgan fingerprint density at radius 2 is 2.05 bits per heavy atom. The van der Waals surface area contributed by atoms with Gasteiger partial charge in [0, 0.05) is 17.5 Å². The first kappa shape index (κ1) is 13.1. The molecule has 0 fully saturated rings. The van der Waals surface area contributed by atoms with Gasteiger partial charge in [0.25, 0.3) is 0 Å². The van der Waals surface area contributed by atoms with Gasteiger partial charge in [-0.15, -0.1) is 17.9 Å². The lowest BCUT2D eigenvalue weighted by Gasteiger charge is -2.04. The first-order chi connectivity index (χ1) is 9.79. The molecule has 3 nitrogen and oxygen atoms in total. The molecule has 2 aromatic heterocycles. The molecule has 1 aromatic carbocycles. The summed E-state index contributed by atoms with van der Waals surface area (Å²) in [5.41, 5.74) is 2.20. The molecular weight excluding hydrogens is 290 g/mol. The third-order valence-electron chi connectivity index (χ3n) is 2.88. The zero-order valence-corrected chi connectivity index (χ0v) is 12.2. The molecular formula is C15H12ClN3S. The van der Waals surface area contributed by atoms with Crippen molar-refractivity contribution < 1.29 is 0 Å². The van der Waals surface area contributed by atoms with Gasteiger partial charge in [-0.2, -0.15) is 0 Å². The highest BCUT2D eigenvalue weighted by Crippen LogP contribution is 2.37. The van der Waals surface area contributed by atoms with Crippen molar-refractivity contribution in [2.45, 2.75) is 0 Å². The van der Waals surface area contributed by atoms with Gasteiger partial charge in [-0.1, -0.05) is 48.0 Å². The number of anilines is 1. The van der Waals surface area contributed by atoms with Crippen LogP contribution in [0.3, 0.4) is 0 Å². The molecule has 2 heterocycles. The van der Waals surface area contributed by atoms with Crippen LogP contribution in [0.1, 0.15) is 0 Å². The fourth-order valence-corrected chi connectivity index (χ4v) is 3.25. The molecule has 0 spiro atoms. The maximum absolute atomic E-state index is 6.33. The second kappa shape index (κ2) is 5.61. The number of benzene rings is 1.